The Morgan fingerprint density at radius 1 is 1.09 bits per heavy atom. The van der Waals surface area contributed by atoms with Crippen LogP contribution in [0.4, 0.5) is 20.3 Å². The number of halogens is 2. The molecule has 180 valence electrons. The van der Waals surface area contributed by atoms with Gasteiger partial charge in [-0.3, -0.25) is 0 Å². The minimum absolute atomic E-state index is 0.169. The third-order valence-electron chi connectivity index (χ3n) is 6.58. The van der Waals surface area contributed by atoms with E-state index in [1.807, 2.05) is 0 Å². The summed E-state index contributed by atoms with van der Waals surface area (Å²) in [7, 11) is 1.71. The van der Waals surface area contributed by atoms with Crippen molar-refractivity contribution >= 4 is 11.5 Å². The third-order valence-corrected chi connectivity index (χ3v) is 6.58. The molecule has 0 aliphatic heterocycles. The Morgan fingerprint density at radius 2 is 1.79 bits per heavy atom. The monoisotopic (exact) mass is 460 g/mol. The number of pyridine rings is 1. The van der Waals surface area contributed by atoms with Gasteiger partial charge < -0.3 is 25.8 Å². The molecular formula is C25H34F2N4O2. The summed E-state index contributed by atoms with van der Waals surface area (Å²) in [5.74, 6) is -0.531. The lowest BCUT2D eigenvalue weighted by molar-refractivity contribution is 0.161. The van der Waals surface area contributed by atoms with Gasteiger partial charge in [0.05, 0.1) is 18.4 Å². The molecule has 6 nitrogen and oxygen atoms in total. The van der Waals surface area contributed by atoms with Crippen molar-refractivity contribution in [2.24, 2.45) is 0 Å². The van der Waals surface area contributed by atoms with Crippen LogP contribution in [0, 0.1) is 11.6 Å². The lowest BCUT2D eigenvalue weighted by Gasteiger charge is -2.31. The zero-order chi connectivity index (χ0) is 23.4. The van der Waals surface area contributed by atoms with Crippen LogP contribution in [0.15, 0.2) is 30.5 Å². The first-order valence-corrected chi connectivity index (χ1v) is 11.8. The molecular weight excluding hydrogens is 426 g/mol. The van der Waals surface area contributed by atoms with Crippen molar-refractivity contribution in [3.63, 3.8) is 0 Å². The van der Waals surface area contributed by atoms with Gasteiger partial charge in [0, 0.05) is 48.6 Å². The second-order valence-electron chi connectivity index (χ2n) is 9.54. The highest BCUT2D eigenvalue weighted by Crippen LogP contribution is 2.36. The maximum atomic E-state index is 14.6. The summed E-state index contributed by atoms with van der Waals surface area (Å²) in [6.45, 7) is 3.20. The Kier molecular flexibility index (Phi) is 7.46. The maximum Gasteiger partial charge on any atom is 0.149 e. The number of anilines is 2. The van der Waals surface area contributed by atoms with Crippen molar-refractivity contribution in [1.29, 1.82) is 0 Å². The number of aromatic nitrogens is 1. The van der Waals surface area contributed by atoms with E-state index in [2.05, 4.69) is 27.9 Å². The molecule has 2 saturated carbocycles. The Balaban J connectivity index is 1.40. The Hall–Kier alpha value is -2.29. The topological polar surface area (TPSA) is 78.4 Å². The van der Waals surface area contributed by atoms with Crippen LogP contribution < -0.4 is 16.0 Å². The molecule has 0 saturated heterocycles. The van der Waals surface area contributed by atoms with Crippen LogP contribution >= 0.6 is 0 Å². The van der Waals surface area contributed by atoms with Crippen LogP contribution in [0.3, 0.4) is 0 Å². The lowest BCUT2D eigenvalue weighted by Crippen LogP contribution is -2.42. The first kappa shape index (κ1) is 23.9. The zero-order valence-electron chi connectivity index (χ0n) is 19.3. The highest BCUT2D eigenvalue weighted by atomic mass is 19.1. The van der Waals surface area contributed by atoms with Crippen LogP contribution in [0.1, 0.15) is 45.4 Å². The number of benzene rings is 1. The molecule has 0 spiro atoms. The van der Waals surface area contributed by atoms with E-state index in [0.29, 0.717) is 36.7 Å². The van der Waals surface area contributed by atoms with Crippen LogP contribution in [0.25, 0.3) is 11.1 Å². The number of nitrogens with one attached hydrogen (secondary N) is 3. The molecule has 1 atom stereocenters. The van der Waals surface area contributed by atoms with Gasteiger partial charge in [-0.2, -0.15) is 0 Å². The number of nitrogens with zero attached hydrogens (tertiary/aromatic N) is 1. The minimum Gasteiger partial charge on any atom is -0.388 e. The van der Waals surface area contributed by atoms with Gasteiger partial charge in [-0.1, -0.05) is 0 Å². The van der Waals surface area contributed by atoms with Gasteiger partial charge in [0.2, 0.25) is 0 Å². The quantitative estimate of drug-likeness (QED) is 0.423. The first-order valence-electron chi connectivity index (χ1n) is 11.8. The number of hydrogen-bond donors (Lipinski definition) is 4. The van der Waals surface area contributed by atoms with Crippen molar-refractivity contribution in [2.45, 2.75) is 69.2 Å². The number of hydrogen-bond acceptors (Lipinski definition) is 6. The van der Waals surface area contributed by atoms with Gasteiger partial charge in [0.25, 0.3) is 0 Å². The first-order chi connectivity index (χ1) is 15.8. The average molecular weight is 461 g/mol. The minimum atomic E-state index is -0.677. The fourth-order valence-electron chi connectivity index (χ4n) is 4.47. The summed E-state index contributed by atoms with van der Waals surface area (Å²) in [6.07, 6.45) is 6.68. The molecule has 0 amide bonds. The number of ether oxygens (including phenoxy) is 1. The molecule has 0 unspecified atom stereocenters. The SMILES string of the molecule is COC[C@H](C)NC1CCC(Nc2cc(-c3cc(NCC4(O)CC4)ccc3F)c(F)cn2)CC1. The van der Waals surface area contributed by atoms with E-state index in [1.54, 1.807) is 25.3 Å². The second kappa shape index (κ2) is 10.3. The van der Waals surface area contributed by atoms with Gasteiger partial charge in [-0.05, 0) is 69.7 Å². The van der Waals surface area contributed by atoms with E-state index in [1.165, 1.54) is 6.07 Å². The van der Waals surface area contributed by atoms with E-state index < -0.39 is 17.2 Å². The lowest BCUT2D eigenvalue weighted by atomic mass is 9.90. The van der Waals surface area contributed by atoms with E-state index in [4.69, 9.17) is 4.74 Å². The fourth-order valence-corrected chi connectivity index (χ4v) is 4.47. The summed E-state index contributed by atoms with van der Waals surface area (Å²) in [4.78, 5) is 4.19. The third kappa shape index (κ3) is 6.40. The standard InChI is InChI=1S/C25H34F2N4O2/c1-16(14-33-2)30-17-3-5-18(6-4-17)31-24-12-21(23(27)13-28-24)20-11-19(7-8-22(20)26)29-15-25(32)9-10-25/h7-8,11-13,16-18,29-30,32H,3-6,9-10,14-15H2,1-2H3,(H,28,31)/t16-,17?,18?/m0/s1. The average Bonchev–Trinajstić information content (AvgIpc) is 3.53. The van der Waals surface area contributed by atoms with Crippen LogP contribution in [-0.4, -0.2) is 54.1 Å². The van der Waals surface area contributed by atoms with E-state index >= 15 is 0 Å². The largest absolute Gasteiger partial charge is 0.388 e. The molecule has 8 heteroatoms. The zero-order valence-corrected chi connectivity index (χ0v) is 19.3. The summed E-state index contributed by atoms with van der Waals surface area (Å²) in [5, 5.41) is 20.2. The van der Waals surface area contributed by atoms with E-state index in [0.717, 1.165) is 44.7 Å². The predicted molar refractivity (Wildman–Crippen MR) is 126 cm³/mol. The van der Waals surface area contributed by atoms with Crippen molar-refractivity contribution < 1.29 is 18.6 Å². The number of aliphatic hydroxyl groups is 1. The van der Waals surface area contributed by atoms with Gasteiger partial charge in [0.15, 0.2) is 0 Å². The van der Waals surface area contributed by atoms with Crippen LogP contribution in [0.2, 0.25) is 0 Å². The van der Waals surface area contributed by atoms with Crippen LogP contribution in [-0.2, 0) is 4.74 Å². The Bertz CT molecular complexity index is 946. The molecule has 0 bridgehead atoms. The van der Waals surface area contributed by atoms with Gasteiger partial charge >= 0.3 is 0 Å². The Morgan fingerprint density at radius 3 is 2.48 bits per heavy atom. The van der Waals surface area contributed by atoms with Crippen molar-refractivity contribution in [3.05, 3.63) is 42.1 Å². The predicted octanol–water partition coefficient (Wildman–Crippen LogP) is 4.31. The highest BCUT2D eigenvalue weighted by molar-refractivity contribution is 5.71. The highest BCUT2D eigenvalue weighted by Gasteiger charge is 2.39. The molecule has 1 aromatic carbocycles. The summed E-state index contributed by atoms with van der Waals surface area (Å²) in [5.41, 5.74) is 0.309. The molecule has 1 heterocycles. The molecule has 2 aliphatic carbocycles. The molecule has 2 fully saturated rings. The summed E-state index contributed by atoms with van der Waals surface area (Å²) < 4.78 is 34.4. The molecule has 33 heavy (non-hydrogen) atoms. The summed E-state index contributed by atoms with van der Waals surface area (Å²) in [6, 6.07) is 7.10. The van der Waals surface area contributed by atoms with Crippen molar-refractivity contribution in [2.75, 3.05) is 30.9 Å². The molecule has 4 N–H and O–H groups in total. The molecule has 0 radical (unpaired) electrons. The number of rotatable bonds is 10. The molecule has 4 rings (SSSR count). The Labute approximate surface area is 194 Å². The smallest absolute Gasteiger partial charge is 0.149 e. The normalized spacial score (nSPS) is 22.6. The molecule has 2 aromatic rings. The van der Waals surface area contributed by atoms with Gasteiger partial charge in [0.1, 0.15) is 17.5 Å². The van der Waals surface area contributed by atoms with Crippen LogP contribution in [0.5, 0.6) is 0 Å². The molecule has 2 aliphatic rings. The van der Waals surface area contributed by atoms with E-state index in [9.17, 15) is 13.9 Å². The fraction of sp³-hybridized carbons (Fsp3) is 0.560. The molecule has 1 aromatic heterocycles. The maximum absolute atomic E-state index is 14.6. The van der Waals surface area contributed by atoms with Crippen molar-refractivity contribution in [3.8, 4) is 11.1 Å². The summed E-state index contributed by atoms with van der Waals surface area (Å²) >= 11 is 0. The number of methoxy groups -OCH3 is 1. The van der Waals surface area contributed by atoms with E-state index in [-0.39, 0.29) is 17.2 Å². The van der Waals surface area contributed by atoms with Gasteiger partial charge in [-0.15, -0.1) is 0 Å². The van der Waals surface area contributed by atoms with Gasteiger partial charge in [-0.25, -0.2) is 13.8 Å². The van der Waals surface area contributed by atoms with Crippen molar-refractivity contribution in [1.82, 2.24) is 10.3 Å². The second-order valence-corrected chi connectivity index (χ2v) is 9.54.